The maximum Gasteiger partial charge on any atom is 0.00696 e. The zero-order valence-electron chi connectivity index (χ0n) is 7.72. The fourth-order valence-corrected chi connectivity index (χ4v) is 2.52. The Morgan fingerprint density at radius 2 is 1.00 bits per heavy atom. The predicted octanol–water partition coefficient (Wildman–Crippen LogP) is 2.88. The smallest absolute Gasteiger partial charge is 0.00696 e. The molecule has 2 aliphatic carbocycles. The van der Waals surface area contributed by atoms with Gasteiger partial charge in [-0.1, -0.05) is 25.7 Å². The number of hydrogen-bond acceptors (Lipinski definition) is 1. The molecule has 0 radical (unpaired) electrons. The Kier molecular flexibility index (Phi) is 4.38. The van der Waals surface area contributed by atoms with Crippen LogP contribution in [0, 0.1) is 0 Å². The molecular formula is C10H20ClN. The van der Waals surface area contributed by atoms with Gasteiger partial charge in [-0.2, -0.15) is 0 Å². The standard InChI is InChI=1S/C10H19N.ClH/c1-2-6-9(5-1)11-10-7-3-4-8-10;/h9-11H,1-8H2;1H. The summed E-state index contributed by atoms with van der Waals surface area (Å²) >= 11 is 0. The van der Waals surface area contributed by atoms with E-state index in [1.54, 1.807) is 0 Å². The average Bonchev–Trinajstić information content (AvgIpc) is 2.60. The molecular weight excluding hydrogens is 170 g/mol. The summed E-state index contributed by atoms with van der Waals surface area (Å²) in [6, 6.07) is 1.77. The minimum absolute atomic E-state index is 0. The lowest BCUT2D eigenvalue weighted by atomic mass is 10.2. The van der Waals surface area contributed by atoms with E-state index in [0.29, 0.717) is 0 Å². The molecule has 12 heavy (non-hydrogen) atoms. The lowest BCUT2D eigenvalue weighted by molar-refractivity contribution is 0.435. The van der Waals surface area contributed by atoms with E-state index in [4.69, 9.17) is 0 Å². The Morgan fingerprint density at radius 1 is 0.667 bits per heavy atom. The van der Waals surface area contributed by atoms with Crippen LogP contribution in [0.4, 0.5) is 0 Å². The van der Waals surface area contributed by atoms with Crippen LogP contribution in [0.5, 0.6) is 0 Å². The lowest BCUT2D eigenvalue weighted by Gasteiger charge is -2.17. The monoisotopic (exact) mass is 189 g/mol. The third-order valence-corrected chi connectivity index (χ3v) is 3.18. The second kappa shape index (κ2) is 5.08. The van der Waals surface area contributed by atoms with Crippen molar-refractivity contribution in [2.75, 3.05) is 0 Å². The zero-order valence-corrected chi connectivity index (χ0v) is 8.54. The van der Waals surface area contributed by atoms with Crippen LogP contribution in [0.2, 0.25) is 0 Å². The summed E-state index contributed by atoms with van der Waals surface area (Å²) in [5.41, 5.74) is 0. The molecule has 0 atom stereocenters. The molecule has 0 saturated heterocycles. The van der Waals surface area contributed by atoms with Gasteiger partial charge < -0.3 is 5.32 Å². The van der Waals surface area contributed by atoms with Crippen LogP contribution in [0.25, 0.3) is 0 Å². The van der Waals surface area contributed by atoms with Crippen LogP contribution in [0.3, 0.4) is 0 Å². The average molecular weight is 190 g/mol. The van der Waals surface area contributed by atoms with Crippen molar-refractivity contribution in [3.05, 3.63) is 0 Å². The van der Waals surface area contributed by atoms with Gasteiger partial charge in [-0.15, -0.1) is 12.4 Å². The largest absolute Gasteiger partial charge is 0.311 e. The molecule has 0 aromatic rings. The first-order chi connectivity index (χ1) is 5.45. The first-order valence-corrected chi connectivity index (χ1v) is 5.21. The molecule has 2 aliphatic rings. The molecule has 72 valence electrons. The summed E-state index contributed by atoms with van der Waals surface area (Å²) in [6.45, 7) is 0. The molecule has 2 rings (SSSR count). The molecule has 0 aliphatic heterocycles. The third-order valence-electron chi connectivity index (χ3n) is 3.18. The minimum Gasteiger partial charge on any atom is -0.311 e. The van der Waals surface area contributed by atoms with Gasteiger partial charge in [0.15, 0.2) is 0 Å². The van der Waals surface area contributed by atoms with Crippen LogP contribution in [-0.2, 0) is 0 Å². The van der Waals surface area contributed by atoms with Crippen molar-refractivity contribution < 1.29 is 0 Å². The van der Waals surface area contributed by atoms with Gasteiger partial charge in [0.25, 0.3) is 0 Å². The topological polar surface area (TPSA) is 12.0 Å². The van der Waals surface area contributed by atoms with E-state index < -0.39 is 0 Å². The van der Waals surface area contributed by atoms with Crippen molar-refractivity contribution in [2.45, 2.75) is 63.5 Å². The van der Waals surface area contributed by atoms with Crippen molar-refractivity contribution in [1.82, 2.24) is 5.32 Å². The third kappa shape index (κ3) is 2.63. The minimum atomic E-state index is 0. The quantitative estimate of drug-likeness (QED) is 0.705. The Morgan fingerprint density at radius 3 is 1.33 bits per heavy atom. The number of rotatable bonds is 2. The van der Waals surface area contributed by atoms with Gasteiger partial charge in [-0.05, 0) is 25.7 Å². The summed E-state index contributed by atoms with van der Waals surface area (Å²) in [4.78, 5) is 0. The first kappa shape index (κ1) is 10.3. The maximum absolute atomic E-state index is 3.78. The summed E-state index contributed by atoms with van der Waals surface area (Å²) in [6.07, 6.45) is 11.6. The van der Waals surface area contributed by atoms with Crippen molar-refractivity contribution in [2.24, 2.45) is 0 Å². The van der Waals surface area contributed by atoms with Gasteiger partial charge in [-0.3, -0.25) is 0 Å². The molecule has 1 N–H and O–H groups in total. The Balaban J connectivity index is 0.000000720. The Labute approximate surface area is 81.7 Å². The Bertz CT molecular complexity index is 101. The highest BCUT2D eigenvalue weighted by Gasteiger charge is 2.20. The van der Waals surface area contributed by atoms with Gasteiger partial charge >= 0.3 is 0 Å². The summed E-state index contributed by atoms with van der Waals surface area (Å²) < 4.78 is 0. The van der Waals surface area contributed by atoms with Gasteiger partial charge in [-0.25, -0.2) is 0 Å². The number of halogens is 1. The fraction of sp³-hybridized carbons (Fsp3) is 1.00. The van der Waals surface area contributed by atoms with E-state index in [-0.39, 0.29) is 12.4 Å². The van der Waals surface area contributed by atoms with E-state index in [1.807, 2.05) is 0 Å². The van der Waals surface area contributed by atoms with Crippen molar-refractivity contribution in [3.8, 4) is 0 Å². The Hall–Kier alpha value is 0.250. The van der Waals surface area contributed by atoms with Crippen LogP contribution in [0.1, 0.15) is 51.4 Å². The van der Waals surface area contributed by atoms with Gasteiger partial charge in [0.2, 0.25) is 0 Å². The molecule has 0 spiro atoms. The summed E-state index contributed by atoms with van der Waals surface area (Å²) in [5.74, 6) is 0. The SMILES string of the molecule is C1CCC(NC2CCCC2)C1.Cl. The molecule has 2 fully saturated rings. The maximum atomic E-state index is 3.78. The normalized spacial score (nSPS) is 26.0. The second-order valence-corrected chi connectivity index (χ2v) is 4.13. The summed E-state index contributed by atoms with van der Waals surface area (Å²) in [7, 11) is 0. The molecule has 2 heteroatoms. The molecule has 0 unspecified atom stereocenters. The number of nitrogens with one attached hydrogen (secondary N) is 1. The second-order valence-electron chi connectivity index (χ2n) is 4.13. The van der Waals surface area contributed by atoms with Crippen molar-refractivity contribution in [3.63, 3.8) is 0 Å². The molecule has 0 aromatic heterocycles. The van der Waals surface area contributed by atoms with E-state index in [2.05, 4.69) is 5.32 Å². The van der Waals surface area contributed by atoms with Crippen LogP contribution >= 0.6 is 12.4 Å². The highest BCUT2D eigenvalue weighted by molar-refractivity contribution is 5.85. The van der Waals surface area contributed by atoms with E-state index >= 15 is 0 Å². The van der Waals surface area contributed by atoms with E-state index in [1.165, 1.54) is 51.4 Å². The molecule has 0 heterocycles. The molecule has 1 nitrogen and oxygen atoms in total. The zero-order chi connectivity index (χ0) is 7.52. The number of hydrogen-bond donors (Lipinski definition) is 1. The lowest BCUT2D eigenvalue weighted by Crippen LogP contribution is -2.34. The highest BCUT2D eigenvalue weighted by Crippen LogP contribution is 2.23. The highest BCUT2D eigenvalue weighted by atomic mass is 35.5. The molecule has 0 aromatic carbocycles. The molecule has 2 saturated carbocycles. The first-order valence-electron chi connectivity index (χ1n) is 5.21. The predicted molar refractivity (Wildman–Crippen MR) is 54.9 cm³/mol. The van der Waals surface area contributed by atoms with Gasteiger partial charge in [0.1, 0.15) is 0 Å². The molecule has 0 amide bonds. The van der Waals surface area contributed by atoms with Crippen LogP contribution in [0.15, 0.2) is 0 Å². The molecule has 0 bridgehead atoms. The fourth-order valence-electron chi connectivity index (χ4n) is 2.52. The van der Waals surface area contributed by atoms with E-state index in [9.17, 15) is 0 Å². The van der Waals surface area contributed by atoms with Crippen LogP contribution in [-0.4, -0.2) is 12.1 Å². The van der Waals surface area contributed by atoms with Crippen molar-refractivity contribution in [1.29, 1.82) is 0 Å². The van der Waals surface area contributed by atoms with E-state index in [0.717, 1.165) is 12.1 Å². The van der Waals surface area contributed by atoms with Crippen LogP contribution < -0.4 is 5.32 Å². The van der Waals surface area contributed by atoms with Gasteiger partial charge in [0.05, 0.1) is 0 Å². The van der Waals surface area contributed by atoms with Gasteiger partial charge in [0, 0.05) is 12.1 Å². The summed E-state index contributed by atoms with van der Waals surface area (Å²) in [5, 5.41) is 3.78. The van der Waals surface area contributed by atoms with Crippen molar-refractivity contribution >= 4 is 12.4 Å².